The maximum Gasteiger partial charge on any atom is 0.326 e. The highest BCUT2D eigenvalue weighted by Crippen LogP contribution is 2.13. The van der Waals surface area contributed by atoms with Crippen LogP contribution in [-0.2, 0) is 30.4 Å². The van der Waals surface area contributed by atoms with Gasteiger partial charge in [-0.3, -0.25) is 19.2 Å². The van der Waals surface area contributed by atoms with Crippen LogP contribution in [0.25, 0.3) is 0 Å². The molecule has 0 bridgehead atoms. The number of aromatic hydroxyl groups is 1. The molecule has 1 aromatic carbocycles. The third kappa shape index (κ3) is 12.3. The summed E-state index contributed by atoms with van der Waals surface area (Å²) in [5, 5.41) is 26.8. The van der Waals surface area contributed by atoms with Crippen LogP contribution < -0.4 is 27.4 Å². The number of phenolic OH excluding ortho intramolecular Hbond substituents is 1. The van der Waals surface area contributed by atoms with Crippen molar-refractivity contribution >= 4 is 41.4 Å². The minimum atomic E-state index is -1.20. The zero-order chi connectivity index (χ0) is 28.8. The average Bonchev–Trinajstić information content (AvgIpc) is 2.84. The second kappa shape index (κ2) is 16.5. The van der Waals surface area contributed by atoms with Gasteiger partial charge in [-0.2, -0.15) is 11.8 Å². The molecule has 0 aliphatic carbocycles. The summed E-state index contributed by atoms with van der Waals surface area (Å²) in [5.74, 6) is -3.27. The molecule has 0 aliphatic rings. The second-order valence-electron chi connectivity index (χ2n) is 9.41. The molecule has 0 spiro atoms. The number of carbonyl (C=O) groups is 5. The number of thioether (sulfide) groups is 1. The first-order valence-corrected chi connectivity index (χ1v) is 13.7. The quantitative estimate of drug-likeness (QED) is 0.137. The highest BCUT2D eigenvalue weighted by atomic mass is 32.2. The number of rotatable bonds is 17. The molecule has 0 radical (unpaired) electrons. The third-order valence-corrected chi connectivity index (χ3v) is 6.26. The molecule has 1 aromatic rings. The van der Waals surface area contributed by atoms with Gasteiger partial charge in [0.1, 0.15) is 23.9 Å². The van der Waals surface area contributed by atoms with Gasteiger partial charge in [0.05, 0.1) is 6.04 Å². The Balaban J connectivity index is 3.12. The number of carboxylic acid groups (broad SMARTS) is 1. The fourth-order valence-electron chi connectivity index (χ4n) is 3.53. The second-order valence-corrected chi connectivity index (χ2v) is 10.4. The summed E-state index contributed by atoms with van der Waals surface area (Å²) >= 11 is 1.45. The molecule has 0 saturated heterocycles. The first kappa shape index (κ1) is 32.7. The smallest absolute Gasteiger partial charge is 0.326 e. The van der Waals surface area contributed by atoms with Crippen LogP contribution in [0.15, 0.2) is 24.3 Å². The fourth-order valence-corrected chi connectivity index (χ4v) is 4.00. The van der Waals surface area contributed by atoms with Crippen molar-refractivity contribution in [2.45, 2.75) is 70.1 Å². The zero-order valence-corrected chi connectivity index (χ0v) is 22.8. The van der Waals surface area contributed by atoms with E-state index in [1.807, 2.05) is 20.1 Å². The van der Waals surface area contributed by atoms with Crippen LogP contribution in [0.3, 0.4) is 0 Å². The molecule has 4 atom stereocenters. The number of benzene rings is 1. The number of nitrogens with two attached hydrogens (primary N) is 2. The van der Waals surface area contributed by atoms with E-state index in [1.165, 1.54) is 23.9 Å². The molecule has 38 heavy (non-hydrogen) atoms. The zero-order valence-electron chi connectivity index (χ0n) is 21.9. The first-order valence-electron chi connectivity index (χ1n) is 12.3. The highest BCUT2D eigenvalue weighted by molar-refractivity contribution is 7.98. The molecule has 0 aromatic heterocycles. The number of carboxylic acids is 1. The minimum Gasteiger partial charge on any atom is -0.508 e. The summed E-state index contributed by atoms with van der Waals surface area (Å²) in [6.07, 6.45) is 2.18. The predicted octanol–water partition coefficient (Wildman–Crippen LogP) is -0.134. The van der Waals surface area contributed by atoms with Crippen LogP contribution in [-0.4, -0.2) is 76.0 Å². The molecule has 1 rings (SSSR count). The van der Waals surface area contributed by atoms with Gasteiger partial charge >= 0.3 is 5.97 Å². The van der Waals surface area contributed by atoms with E-state index in [0.29, 0.717) is 11.3 Å². The number of hydrogen-bond donors (Lipinski definition) is 7. The lowest BCUT2D eigenvalue weighted by atomic mass is 10.0. The van der Waals surface area contributed by atoms with Crippen molar-refractivity contribution in [3.8, 4) is 5.75 Å². The van der Waals surface area contributed by atoms with E-state index in [1.54, 1.807) is 12.1 Å². The van der Waals surface area contributed by atoms with Crippen LogP contribution in [0.1, 0.15) is 45.1 Å². The molecule has 0 saturated carbocycles. The molecule has 12 nitrogen and oxygen atoms in total. The summed E-state index contributed by atoms with van der Waals surface area (Å²) < 4.78 is 0. The van der Waals surface area contributed by atoms with Crippen molar-refractivity contribution in [1.82, 2.24) is 16.0 Å². The van der Waals surface area contributed by atoms with Gasteiger partial charge < -0.3 is 37.6 Å². The summed E-state index contributed by atoms with van der Waals surface area (Å²) in [7, 11) is 0. The van der Waals surface area contributed by atoms with Crippen LogP contribution in [0.4, 0.5) is 0 Å². The van der Waals surface area contributed by atoms with Gasteiger partial charge in [0.15, 0.2) is 0 Å². The summed E-state index contributed by atoms with van der Waals surface area (Å²) in [6, 6.07) is 1.60. The Morgan fingerprint density at radius 2 is 1.45 bits per heavy atom. The van der Waals surface area contributed by atoms with Gasteiger partial charge in [0.25, 0.3) is 0 Å². The van der Waals surface area contributed by atoms with Crippen molar-refractivity contribution in [3.63, 3.8) is 0 Å². The predicted molar refractivity (Wildman–Crippen MR) is 144 cm³/mol. The molecule has 0 aliphatic heterocycles. The standard InChI is InChI=1S/C25H39N5O7S/c1-14(2)12-20(25(36)37)30-24(35)19(13-15-4-6-16(31)7-5-15)29-23(34)18(10-11-38-3)28-22(33)17(26)8-9-21(27)32/h4-7,14,17-20,31H,8-13,26H2,1-3H3,(H2,27,32)(H,28,33)(H,29,34)(H,30,35)(H,36,37). The number of primary amides is 1. The van der Waals surface area contributed by atoms with Gasteiger partial charge in [-0.1, -0.05) is 26.0 Å². The summed E-state index contributed by atoms with van der Waals surface area (Å²) in [6.45, 7) is 3.65. The third-order valence-electron chi connectivity index (χ3n) is 5.61. The Bertz CT molecular complexity index is 958. The highest BCUT2D eigenvalue weighted by Gasteiger charge is 2.30. The van der Waals surface area contributed by atoms with Crippen LogP contribution >= 0.6 is 11.8 Å². The lowest BCUT2D eigenvalue weighted by Gasteiger charge is -2.25. The Kier molecular flexibility index (Phi) is 14.2. The van der Waals surface area contributed by atoms with E-state index in [9.17, 15) is 34.2 Å². The Labute approximate surface area is 226 Å². The van der Waals surface area contributed by atoms with Crippen LogP contribution in [0.2, 0.25) is 0 Å². The van der Waals surface area contributed by atoms with Crippen LogP contribution in [0, 0.1) is 5.92 Å². The van der Waals surface area contributed by atoms with Gasteiger partial charge in [-0.15, -0.1) is 0 Å². The first-order chi connectivity index (χ1) is 17.8. The molecule has 4 unspecified atom stereocenters. The number of hydrogen-bond acceptors (Lipinski definition) is 8. The van der Waals surface area contributed by atoms with Gasteiger partial charge in [-0.25, -0.2) is 4.79 Å². The SMILES string of the molecule is CSCCC(NC(=O)C(N)CCC(N)=O)C(=O)NC(Cc1ccc(O)cc1)C(=O)NC(CC(C)C)C(=O)O. The molecular weight excluding hydrogens is 514 g/mol. The van der Waals surface area contributed by atoms with E-state index < -0.39 is 53.8 Å². The van der Waals surface area contributed by atoms with Crippen molar-refractivity contribution in [2.24, 2.45) is 17.4 Å². The largest absolute Gasteiger partial charge is 0.508 e. The molecule has 212 valence electrons. The lowest BCUT2D eigenvalue weighted by molar-refractivity contribution is -0.142. The Hall–Kier alpha value is -3.32. The monoisotopic (exact) mass is 553 g/mol. The number of phenols is 1. The van der Waals surface area contributed by atoms with E-state index in [4.69, 9.17) is 11.5 Å². The van der Waals surface area contributed by atoms with E-state index in [0.717, 1.165) is 0 Å². The average molecular weight is 554 g/mol. The van der Waals surface area contributed by atoms with Crippen molar-refractivity contribution in [2.75, 3.05) is 12.0 Å². The number of aliphatic carboxylic acids is 1. The fraction of sp³-hybridized carbons (Fsp3) is 0.560. The maximum atomic E-state index is 13.2. The minimum absolute atomic E-state index is 0.00713. The van der Waals surface area contributed by atoms with Crippen molar-refractivity contribution in [1.29, 1.82) is 0 Å². The van der Waals surface area contributed by atoms with Crippen molar-refractivity contribution in [3.05, 3.63) is 29.8 Å². The number of amides is 4. The molecule has 4 amide bonds. The molecule has 0 fully saturated rings. The molecule has 9 N–H and O–H groups in total. The van der Waals surface area contributed by atoms with E-state index >= 15 is 0 Å². The molecule has 0 heterocycles. The Morgan fingerprint density at radius 1 is 0.895 bits per heavy atom. The van der Waals surface area contributed by atoms with Gasteiger partial charge in [0, 0.05) is 12.8 Å². The summed E-state index contributed by atoms with van der Waals surface area (Å²) in [4.78, 5) is 61.7. The number of nitrogens with one attached hydrogen (secondary N) is 3. The maximum absolute atomic E-state index is 13.2. The van der Waals surface area contributed by atoms with E-state index in [2.05, 4.69) is 16.0 Å². The topological polar surface area (TPSA) is 214 Å². The van der Waals surface area contributed by atoms with Gasteiger partial charge in [0.2, 0.25) is 23.6 Å². The Morgan fingerprint density at radius 3 is 1.97 bits per heavy atom. The normalized spacial score (nSPS) is 14.1. The van der Waals surface area contributed by atoms with Crippen molar-refractivity contribution < 1.29 is 34.2 Å². The van der Waals surface area contributed by atoms with E-state index in [-0.39, 0.29) is 43.8 Å². The molecular formula is C25H39N5O7S. The number of carbonyl (C=O) groups excluding carboxylic acids is 4. The van der Waals surface area contributed by atoms with Crippen LogP contribution in [0.5, 0.6) is 5.75 Å². The molecule has 13 heteroatoms. The van der Waals surface area contributed by atoms with Gasteiger partial charge in [-0.05, 0) is 54.9 Å². The summed E-state index contributed by atoms with van der Waals surface area (Å²) in [5.41, 5.74) is 11.5. The lowest BCUT2D eigenvalue weighted by Crippen LogP contribution is -2.57.